The molecular weight excluding hydrogens is 296 g/mol. The van der Waals surface area contributed by atoms with Crippen molar-refractivity contribution in [2.75, 3.05) is 6.54 Å². The maximum absolute atomic E-state index is 6.27. The van der Waals surface area contributed by atoms with Crippen molar-refractivity contribution in [2.45, 2.75) is 51.6 Å². The van der Waals surface area contributed by atoms with Crippen LogP contribution in [-0.4, -0.2) is 28.0 Å². The molecule has 3 aromatic rings. The Bertz CT molecular complexity index is 955. The van der Waals surface area contributed by atoms with E-state index in [-0.39, 0.29) is 5.54 Å². The van der Waals surface area contributed by atoms with Crippen LogP contribution < -0.4 is 0 Å². The van der Waals surface area contributed by atoms with Crippen LogP contribution in [0.1, 0.15) is 44.2 Å². The van der Waals surface area contributed by atoms with E-state index in [0.29, 0.717) is 17.9 Å². The van der Waals surface area contributed by atoms with Crippen molar-refractivity contribution >= 4 is 22.1 Å². The minimum absolute atomic E-state index is 0.281. The van der Waals surface area contributed by atoms with Gasteiger partial charge in [0.05, 0.1) is 0 Å². The van der Waals surface area contributed by atoms with E-state index in [9.17, 15) is 0 Å². The van der Waals surface area contributed by atoms with Gasteiger partial charge in [-0.3, -0.25) is 4.90 Å². The molecule has 0 spiro atoms. The minimum atomic E-state index is 0.281. The number of pyridine rings is 1. The fourth-order valence-corrected chi connectivity index (χ4v) is 5.66. The van der Waals surface area contributed by atoms with E-state index in [1.165, 1.54) is 29.5 Å². The van der Waals surface area contributed by atoms with Gasteiger partial charge >= 0.3 is 0 Å². The van der Waals surface area contributed by atoms with Crippen LogP contribution in [0.15, 0.2) is 34.9 Å². The summed E-state index contributed by atoms with van der Waals surface area (Å²) in [6.45, 7) is 10.7. The SMILES string of the molecule is Cc1ccc2c(oc3ncccc32)c1C1C(C)N2CCC1C2(C)C. The van der Waals surface area contributed by atoms with Gasteiger partial charge in [-0.25, -0.2) is 4.98 Å². The molecule has 4 heterocycles. The van der Waals surface area contributed by atoms with Gasteiger partial charge in [0.15, 0.2) is 0 Å². The average molecular weight is 320 g/mol. The van der Waals surface area contributed by atoms with Gasteiger partial charge in [0.25, 0.3) is 0 Å². The molecule has 24 heavy (non-hydrogen) atoms. The number of aromatic nitrogens is 1. The van der Waals surface area contributed by atoms with Crippen LogP contribution in [0.4, 0.5) is 0 Å². The van der Waals surface area contributed by atoms with E-state index in [2.05, 4.69) is 55.8 Å². The zero-order valence-corrected chi connectivity index (χ0v) is 14.8. The Balaban J connectivity index is 1.79. The third-order valence-corrected chi connectivity index (χ3v) is 6.78. The molecule has 4 unspecified atom stereocenters. The predicted octanol–water partition coefficient (Wildman–Crippen LogP) is 4.88. The molecule has 0 radical (unpaired) electrons. The molecule has 2 aliphatic heterocycles. The average Bonchev–Trinajstić information content (AvgIpc) is 3.12. The third kappa shape index (κ3) is 1.63. The molecule has 2 aliphatic rings. The molecule has 2 aromatic heterocycles. The normalized spacial score (nSPS) is 31.3. The van der Waals surface area contributed by atoms with Crippen molar-refractivity contribution in [2.24, 2.45) is 5.92 Å². The summed E-state index contributed by atoms with van der Waals surface area (Å²) < 4.78 is 6.27. The summed E-state index contributed by atoms with van der Waals surface area (Å²) in [7, 11) is 0. The first-order valence-electron chi connectivity index (χ1n) is 9.03. The van der Waals surface area contributed by atoms with Gasteiger partial charge in [-0.15, -0.1) is 0 Å². The summed E-state index contributed by atoms with van der Waals surface area (Å²) in [4.78, 5) is 7.13. The Morgan fingerprint density at radius 3 is 2.79 bits per heavy atom. The summed E-state index contributed by atoms with van der Waals surface area (Å²) in [5.74, 6) is 1.23. The monoisotopic (exact) mass is 320 g/mol. The molecule has 2 saturated heterocycles. The van der Waals surface area contributed by atoms with E-state index in [4.69, 9.17) is 4.42 Å². The molecule has 2 fully saturated rings. The summed E-state index contributed by atoms with van der Waals surface area (Å²) >= 11 is 0. The van der Waals surface area contributed by atoms with E-state index in [0.717, 1.165) is 16.7 Å². The van der Waals surface area contributed by atoms with Gasteiger partial charge in [0, 0.05) is 40.0 Å². The predicted molar refractivity (Wildman–Crippen MR) is 97.3 cm³/mol. The molecule has 4 atom stereocenters. The Morgan fingerprint density at radius 2 is 2.04 bits per heavy atom. The topological polar surface area (TPSA) is 29.3 Å². The van der Waals surface area contributed by atoms with Gasteiger partial charge in [0.1, 0.15) is 5.58 Å². The Hall–Kier alpha value is -1.87. The molecular formula is C21H24N2O. The number of nitrogens with zero attached hydrogens (tertiary/aromatic N) is 2. The highest BCUT2D eigenvalue weighted by atomic mass is 16.3. The highest BCUT2D eigenvalue weighted by molar-refractivity contribution is 6.05. The molecule has 0 amide bonds. The second-order valence-electron chi connectivity index (χ2n) is 8.14. The lowest BCUT2D eigenvalue weighted by Gasteiger charge is -2.31. The molecule has 0 aliphatic carbocycles. The maximum Gasteiger partial charge on any atom is 0.227 e. The number of hydrogen-bond donors (Lipinski definition) is 0. The minimum Gasteiger partial charge on any atom is -0.437 e. The zero-order valence-electron chi connectivity index (χ0n) is 14.8. The summed E-state index contributed by atoms with van der Waals surface area (Å²) in [5.41, 5.74) is 4.87. The van der Waals surface area contributed by atoms with Crippen molar-refractivity contribution in [1.82, 2.24) is 9.88 Å². The van der Waals surface area contributed by atoms with Crippen molar-refractivity contribution < 1.29 is 4.42 Å². The molecule has 124 valence electrons. The lowest BCUT2D eigenvalue weighted by molar-refractivity contribution is 0.169. The first-order valence-corrected chi connectivity index (χ1v) is 9.03. The molecule has 0 saturated carbocycles. The van der Waals surface area contributed by atoms with Crippen LogP contribution in [0.5, 0.6) is 0 Å². The first-order chi connectivity index (χ1) is 11.5. The second-order valence-corrected chi connectivity index (χ2v) is 8.14. The van der Waals surface area contributed by atoms with Crippen molar-refractivity contribution in [1.29, 1.82) is 0 Å². The molecule has 3 heteroatoms. The number of aryl methyl sites for hydroxylation is 1. The Labute approximate surface area is 142 Å². The van der Waals surface area contributed by atoms with Gasteiger partial charge in [-0.05, 0) is 64.3 Å². The fraction of sp³-hybridized carbons (Fsp3) is 0.476. The number of furan rings is 1. The summed E-state index contributed by atoms with van der Waals surface area (Å²) in [5, 5.41) is 2.34. The van der Waals surface area contributed by atoms with E-state index >= 15 is 0 Å². The van der Waals surface area contributed by atoms with E-state index in [1.54, 1.807) is 0 Å². The van der Waals surface area contributed by atoms with E-state index in [1.807, 2.05) is 12.3 Å². The number of fused-ring (bicyclic) bond motifs is 5. The van der Waals surface area contributed by atoms with Gasteiger partial charge in [0.2, 0.25) is 5.71 Å². The Kier molecular flexibility index (Phi) is 2.78. The lowest BCUT2D eigenvalue weighted by atomic mass is 9.75. The van der Waals surface area contributed by atoms with Crippen LogP contribution in [-0.2, 0) is 0 Å². The Morgan fingerprint density at radius 1 is 1.21 bits per heavy atom. The third-order valence-electron chi connectivity index (χ3n) is 6.78. The van der Waals surface area contributed by atoms with Crippen molar-refractivity contribution in [3.8, 4) is 0 Å². The standard InChI is InChI=1S/C21H24N2O/c1-12-7-8-14-15-6-5-10-22-20(15)24-19(14)17(12)18-13(2)23-11-9-16(18)21(23,3)4/h5-8,10,13,16,18H,9,11H2,1-4H3. The first kappa shape index (κ1) is 14.5. The van der Waals surface area contributed by atoms with Gasteiger partial charge < -0.3 is 4.42 Å². The lowest BCUT2D eigenvalue weighted by Crippen LogP contribution is -2.39. The van der Waals surface area contributed by atoms with Crippen LogP contribution in [0.25, 0.3) is 22.1 Å². The zero-order chi connectivity index (χ0) is 16.6. The molecule has 1 aromatic carbocycles. The quantitative estimate of drug-likeness (QED) is 0.640. The summed E-state index contributed by atoms with van der Waals surface area (Å²) in [6.07, 6.45) is 3.10. The van der Waals surface area contributed by atoms with Crippen molar-refractivity contribution in [3.05, 3.63) is 41.6 Å². The smallest absolute Gasteiger partial charge is 0.227 e. The largest absolute Gasteiger partial charge is 0.437 e. The summed E-state index contributed by atoms with van der Waals surface area (Å²) in [6, 6.07) is 9.13. The van der Waals surface area contributed by atoms with E-state index < -0.39 is 0 Å². The highest BCUT2D eigenvalue weighted by Crippen LogP contribution is 2.56. The number of rotatable bonds is 1. The number of hydrogen-bond acceptors (Lipinski definition) is 3. The number of benzene rings is 1. The second kappa shape index (κ2) is 4.60. The fourth-order valence-electron chi connectivity index (χ4n) is 5.66. The van der Waals surface area contributed by atoms with Crippen LogP contribution in [0.3, 0.4) is 0 Å². The highest BCUT2D eigenvalue weighted by Gasteiger charge is 2.56. The molecule has 0 N–H and O–H groups in total. The number of piperidine rings is 1. The van der Waals surface area contributed by atoms with Gasteiger partial charge in [-0.2, -0.15) is 0 Å². The molecule has 5 rings (SSSR count). The van der Waals surface area contributed by atoms with Crippen LogP contribution in [0, 0.1) is 12.8 Å². The van der Waals surface area contributed by atoms with Crippen LogP contribution in [0.2, 0.25) is 0 Å². The van der Waals surface area contributed by atoms with Crippen LogP contribution >= 0.6 is 0 Å². The maximum atomic E-state index is 6.27. The van der Waals surface area contributed by atoms with Gasteiger partial charge in [-0.1, -0.05) is 12.1 Å². The molecule has 2 bridgehead atoms. The van der Waals surface area contributed by atoms with Crippen molar-refractivity contribution in [3.63, 3.8) is 0 Å². The molecule has 3 nitrogen and oxygen atoms in total.